The number of hydrogen-bond donors (Lipinski definition) is 2. The number of piperidine rings is 1. The fourth-order valence-corrected chi connectivity index (χ4v) is 2.60. The highest BCUT2D eigenvalue weighted by Gasteiger charge is 2.25. The first kappa shape index (κ1) is 16.7. The maximum atomic E-state index is 12.2. The standard InChI is InChI=1S/C17H27N3O2/c1-12(2)15(21)11-19-17(22)14-6-8-20(9-7-14)16-5-4-13(3)10-18-16/h4-5,10,12,14-15,21H,6-9,11H2,1-3H3,(H,19,22). The van der Waals surface area contributed by atoms with Crippen molar-refractivity contribution >= 4 is 11.7 Å². The number of pyridine rings is 1. The molecule has 5 heteroatoms. The van der Waals surface area contributed by atoms with E-state index in [1.165, 1.54) is 0 Å². The number of amides is 1. The van der Waals surface area contributed by atoms with Crippen molar-refractivity contribution in [3.8, 4) is 0 Å². The van der Waals surface area contributed by atoms with Crippen molar-refractivity contribution in [3.05, 3.63) is 23.9 Å². The minimum atomic E-state index is -0.471. The van der Waals surface area contributed by atoms with E-state index in [-0.39, 0.29) is 17.7 Å². The molecule has 1 amide bonds. The topological polar surface area (TPSA) is 65.5 Å². The summed E-state index contributed by atoms with van der Waals surface area (Å²) in [5.74, 6) is 1.26. The number of aliphatic hydroxyl groups excluding tert-OH is 1. The van der Waals surface area contributed by atoms with Crippen LogP contribution in [0.4, 0.5) is 5.82 Å². The van der Waals surface area contributed by atoms with Gasteiger partial charge in [-0.15, -0.1) is 0 Å². The predicted octanol–water partition coefficient (Wildman–Crippen LogP) is 1.74. The zero-order valence-electron chi connectivity index (χ0n) is 13.7. The largest absolute Gasteiger partial charge is 0.391 e. The number of aliphatic hydroxyl groups is 1. The molecule has 1 fully saturated rings. The van der Waals surface area contributed by atoms with Crippen LogP contribution in [0.15, 0.2) is 18.3 Å². The maximum Gasteiger partial charge on any atom is 0.223 e. The quantitative estimate of drug-likeness (QED) is 0.869. The summed E-state index contributed by atoms with van der Waals surface area (Å²) in [5, 5.41) is 12.6. The van der Waals surface area contributed by atoms with Crippen LogP contribution in [0.3, 0.4) is 0 Å². The van der Waals surface area contributed by atoms with Gasteiger partial charge in [0.25, 0.3) is 0 Å². The molecule has 1 aromatic heterocycles. The van der Waals surface area contributed by atoms with Crippen LogP contribution in [0.1, 0.15) is 32.3 Å². The monoisotopic (exact) mass is 305 g/mol. The number of hydrogen-bond acceptors (Lipinski definition) is 4. The normalized spacial score (nSPS) is 17.6. The molecule has 1 saturated heterocycles. The van der Waals surface area contributed by atoms with Crippen molar-refractivity contribution in [2.45, 2.75) is 39.7 Å². The van der Waals surface area contributed by atoms with E-state index in [1.807, 2.05) is 33.0 Å². The second-order valence-corrected chi connectivity index (χ2v) is 6.51. The SMILES string of the molecule is Cc1ccc(N2CCC(C(=O)NCC(O)C(C)C)CC2)nc1. The Hall–Kier alpha value is -1.62. The van der Waals surface area contributed by atoms with E-state index < -0.39 is 6.10 Å². The van der Waals surface area contributed by atoms with Crippen molar-refractivity contribution in [3.63, 3.8) is 0 Å². The number of rotatable bonds is 5. The first-order valence-corrected chi connectivity index (χ1v) is 8.10. The number of nitrogens with zero attached hydrogens (tertiary/aromatic N) is 2. The summed E-state index contributed by atoms with van der Waals surface area (Å²) < 4.78 is 0. The van der Waals surface area contributed by atoms with Crippen molar-refractivity contribution in [2.75, 3.05) is 24.5 Å². The highest BCUT2D eigenvalue weighted by molar-refractivity contribution is 5.79. The van der Waals surface area contributed by atoms with E-state index in [1.54, 1.807) is 0 Å². The lowest BCUT2D eigenvalue weighted by molar-refractivity contribution is -0.126. The van der Waals surface area contributed by atoms with Gasteiger partial charge in [0.15, 0.2) is 0 Å². The Balaban J connectivity index is 1.79. The molecular formula is C17H27N3O2. The molecule has 2 heterocycles. The molecule has 22 heavy (non-hydrogen) atoms. The van der Waals surface area contributed by atoms with Gasteiger partial charge in [-0.1, -0.05) is 19.9 Å². The van der Waals surface area contributed by atoms with Crippen LogP contribution in [0.2, 0.25) is 0 Å². The van der Waals surface area contributed by atoms with Crippen LogP contribution in [-0.2, 0) is 4.79 Å². The maximum absolute atomic E-state index is 12.2. The lowest BCUT2D eigenvalue weighted by atomic mass is 9.95. The second kappa shape index (κ2) is 7.58. The van der Waals surface area contributed by atoms with Crippen LogP contribution in [0, 0.1) is 18.8 Å². The van der Waals surface area contributed by atoms with Crippen LogP contribution in [0.5, 0.6) is 0 Å². The van der Waals surface area contributed by atoms with Gasteiger partial charge in [-0.2, -0.15) is 0 Å². The average molecular weight is 305 g/mol. The highest BCUT2D eigenvalue weighted by atomic mass is 16.3. The third-order valence-corrected chi connectivity index (χ3v) is 4.34. The molecule has 1 aliphatic heterocycles. The summed E-state index contributed by atoms with van der Waals surface area (Å²) in [6.45, 7) is 7.96. The fraction of sp³-hybridized carbons (Fsp3) is 0.647. The molecule has 1 aromatic rings. The number of aryl methyl sites for hydroxylation is 1. The second-order valence-electron chi connectivity index (χ2n) is 6.51. The third kappa shape index (κ3) is 4.44. The molecule has 0 spiro atoms. The Morgan fingerprint density at radius 2 is 2.09 bits per heavy atom. The fourth-order valence-electron chi connectivity index (χ4n) is 2.60. The molecule has 0 saturated carbocycles. The van der Waals surface area contributed by atoms with Gasteiger partial charge in [0.1, 0.15) is 5.82 Å². The smallest absolute Gasteiger partial charge is 0.223 e. The van der Waals surface area contributed by atoms with Crippen molar-refractivity contribution < 1.29 is 9.90 Å². The Labute approximate surface area is 132 Å². The van der Waals surface area contributed by atoms with Gasteiger partial charge >= 0.3 is 0 Å². The molecule has 0 aliphatic carbocycles. The summed E-state index contributed by atoms with van der Waals surface area (Å²) in [6, 6.07) is 4.10. The molecule has 2 N–H and O–H groups in total. The Morgan fingerprint density at radius 1 is 1.41 bits per heavy atom. The minimum Gasteiger partial charge on any atom is -0.391 e. The molecule has 1 unspecified atom stereocenters. The van der Waals surface area contributed by atoms with Crippen LogP contribution < -0.4 is 10.2 Å². The minimum absolute atomic E-state index is 0.0426. The molecule has 1 aliphatic rings. The van der Waals surface area contributed by atoms with E-state index in [0.29, 0.717) is 6.54 Å². The van der Waals surface area contributed by atoms with Crippen LogP contribution >= 0.6 is 0 Å². The lowest BCUT2D eigenvalue weighted by Crippen LogP contribution is -2.43. The van der Waals surface area contributed by atoms with Gasteiger partial charge in [0.2, 0.25) is 5.91 Å². The van der Waals surface area contributed by atoms with Gasteiger partial charge in [-0.05, 0) is 37.3 Å². The zero-order chi connectivity index (χ0) is 16.1. The van der Waals surface area contributed by atoms with Gasteiger partial charge in [0.05, 0.1) is 6.10 Å². The molecule has 0 aromatic carbocycles. The van der Waals surface area contributed by atoms with E-state index in [4.69, 9.17) is 0 Å². The van der Waals surface area contributed by atoms with Crippen molar-refractivity contribution in [1.29, 1.82) is 0 Å². The number of carbonyl (C=O) groups excluding carboxylic acids is 1. The first-order chi connectivity index (χ1) is 10.5. The van der Waals surface area contributed by atoms with Gasteiger partial charge in [-0.25, -0.2) is 4.98 Å². The zero-order valence-corrected chi connectivity index (χ0v) is 13.7. The van der Waals surface area contributed by atoms with Gasteiger partial charge < -0.3 is 15.3 Å². The Bertz CT molecular complexity index is 479. The number of carbonyl (C=O) groups is 1. The highest BCUT2D eigenvalue weighted by Crippen LogP contribution is 2.22. The molecule has 0 bridgehead atoms. The molecule has 2 rings (SSSR count). The summed E-state index contributed by atoms with van der Waals surface area (Å²) in [6.07, 6.45) is 3.07. The van der Waals surface area contributed by atoms with E-state index >= 15 is 0 Å². The van der Waals surface area contributed by atoms with Crippen molar-refractivity contribution in [1.82, 2.24) is 10.3 Å². The summed E-state index contributed by atoms with van der Waals surface area (Å²) in [4.78, 5) is 18.8. The van der Waals surface area contributed by atoms with E-state index in [0.717, 1.165) is 37.3 Å². The molecule has 5 nitrogen and oxygen atoms in total. The van der Waals surface area contributed by atoms with Crippen molar-refractivity contribution in [2.24, 2.45) is 11.8 Å². The molecular weight excluding hydrogens is 278 g/mol. The summed E-state index contributed by atoms with van der Waals surface area (Å²) >= 11 is 0. The average Bonchev–Trinajstić information content (AvgIpc) is 2.53. The summed E-state index contributed by atoms with van der Waals surface area (Å²) in [5.41, 5.74) is 1.15. The van der Waals surface area contributed by atoms with Gasteiger partial charge in [-0.3, -0.25) is 4.79 Å². The predicted molar refractivity (Wildman–Crippen MR) is 87.8 cm³/mol. The van der Waals surface area contributed by atoms with E-state index in [9.17, 15) is 9.90 Å². The Kier molecular flexibility index (Phi) is 5.77. The molecule has 122 valence electrons. The van der Waals surface area contributed by atoms with Crippen LogP contribution in [0.25, 0.3) is 0 Å². The number of anilines is 1. The number of aromatic nitrogens is 1. The summed E-state index contributed by atoms with van der Waals surface area (Å²) in [7, 11) is 0. The van der Waals surface area contributed by atoms with Gasteiger partial charge in [0, 0.05) is 31.7 Å². The first-order valence-electron chi connectivity index (χ1n) is 8.10. The number of nitrogens with one attached hydrogen (secondary N) is 1. The van der Waals surface area contributed by atoms with E-state index in [2.05, 4.69) is 21.3 Å². The third-order valence-electron chi connectivity index (χ3n) is 4.34. The molecule has 1 atom stereocenters. The van der Waals surface area contributed by atoms with Crippen LogP contribution in [-0.4, -0.2) is 41.7 Å². The lowest BCUT2D eigenvalue weighted by Gasteiger charge is -2.32. The Morgan fingerprint density at radius 3 is 2.64 bits per heavy atom. The molecule has 0 radical (unpaired) electrons.